The topological polar surface area (TPSA) is 197 Å². The third kappa shape index (κ3) is 41.5. The summed E-state index contributed by atoms with van der Waals surface area (Å²) in [5.41, 5.74) is 0. The summed E-state index contributed by atoms with van der Waals surface area (Å²) < 4.78 is 20.2. The predicted octanol–water partition coefficient (Wildman–Crippen LogP) is -0.584. The standard InChI is InChI=1S/C31H61O8P.C3H8O3.2Na/c1-3-5-7-9-11-13-15-17-19-21-23-25-28(32)31(29(33)27-38-40(35,36)37)39-30(34)26-24-22-20-18-16-14-12-10-8-6-4-2;4-1-3(6)2-5;;/h29,31,33H,3-27H2,1-2H3,(H2,35,36,37);3-6H,1-2H2;;/q;;2*+1/p-2. The van der Waals surface area contributed by atoms with E-state index in [2.05, 4.69) is 18.4 Å². The summed E-state index contributed by atoms with van der Waals surface area (Å²) in [5.74, 6) is -1.09. The van der Waals surface area contributed by atoms with Crippen LogP contribution in [0, 0.1) is 0 Å². The monoisotopic (exact) mass is 728 g/mol. The van der Waals surface area contributed by atoms with E-state index in [-0.39, 0.29) is 85.2 Å². The molecule has 0 saturated heterocycles. The normalized spacial score (nSPS) is 12.4. The molecule has 0 spiro atoms. The van der Waals surface area contributed by atoms with Crippen molar-refractivity contribution in [3.05, 3.63) is 0 Å². The molecule has 0 heterocycles. The summed E-state index contributed by atoms with van der Waals surface area (Å²) >= 11 is 0. The molecule has 0 aromatic rings. The predicted molar refractivity (Wildman–Crippen MR) is 177 cm³/mol. The zero-order chi connectivity index (χ0) is 34.9. The molecule has 0 fully saturated rings. The first-order chi connectivity index (χ1) is 22.0. The van der Waals surface area contributed by atoms with E-state index in [1.165, 1.54) is 89.9 Å². The number of ketones is 1. The summed E-state index contributed by atoms with van der Waals surface area (Å²) in [5, 5.41) is 34.3. The second-order valence-corrected chi connectivity index (χ2v) is 13.4. The van der Waals surface area contributed by atoms with E-state index >= 15 is 0 Å². The van der Waals surface area contributed by atoms with Crippen LogP contribution in [-0.4, -0.2) is 70.3 Å². The molecule has 0 aliphatic heterocycles. The van der Waals surface area contributed by atoms with Gasteiger partial charge in [-0.2, -0.15) is 0 Å². The number of aliphatic hydroxyl groups excluding tert-OH is 4. The maximum atomic E-state index is 12.7. The number of carbonyl (C=O) groups excluding carboxylic acids is 2. The van der Waals surface area contributed by atoms with Crippen molar-refractivity contribution in [3.63, 3.8) is 0 Å². The van der Waals surface area contributed by atoms with Gasteiger partial charge in [-0.3, -0.25) is 9.59 Å². The van der Waals surface area contributed by atoms with Crippen LogP contribution in [0.4, 0.5) is 0 Å². The van der Waals surface area contributed by atoms with Gasteiger partial charge in [-0.1, -0.05) is 142 Å². The molecule has 0 rings (SSSR count). The van der Waals surface area contributed by atoms with Crippen molar-refractivity contribution in [2.45, 2.75) is 186 Å². The zero-order valence-corrected chi connectivity index (χ0v) is 35.8. The molecular formula is C34H67Na2O11P. The second kappa shape index (κ2) is 40.9. The van der Waals surface area contributed by atoms with E-state index in [0.717, 1.165) is 38.5 Å². The number of unbranched alkanes of at least 4 members (excludes halogenated alkanes) is 20. The molecule has 0 aromatic heterocycles. The van der Waals surface area contributed by atoms with Gasteiger partial charge < -0.3 is 44.0 Å². The van der Waals surface area contributed by atoms with Gasteiger partial charge in [-0.25, -0.2) is 0 Å². The van der Waals surface area contributed by atoms with E-state index in [4.69, 9.17) is 20.1 Å². The van der Waals surface area contributed by atoms with E-state index in [1.54, 1.807) is 0 Å². The van der Waals surface area contributed by atoms with E-state index in [0.29, 0.717) is 12.8 Å². The minimum absolute atomic E-state index is 0. The van der Waals surface area contributed by atoms with Crippen LogP contribution < -0.4 is 68.9 Å². The average Bonchev–Trinajstić information content (AvgIpc) is 3.03. The van der Waals surface area contributed by atoms with Crippen molar-refractivity contribution in [1.29, 1.82) is 0 Å². The molecule has 0 radical (unpaired) electrons. The smallest absolute Gasteiger partial charge is 0.790 e. The second-order valence-electron chi connectivity index (χ2n) is 12.3. The average molecular weight is 729 g/mol. The van der Waals surface area contributed by atoms with Crippen LogP contribution in [0.2, 0.25) is 0 Å². The van der Waals surface area contributed by atoms with Gasteiger partial charge in [0.1, 0.15) is 12.2 Å². The fraction of sp³-hybridized carbons (Fsp3) is 0.941. The van der Waals surface area contributed by atoms with Crippen LogP contribution in [0.1, 0.15) is 168 Å². The number of phosphoric acid groups is 1. The number of esters is 1. The molecule has 0 bridgehead atoms. The van der Waals surface area contributed by atoms with Crippen LogP contribution in [0.3, 0.4) is 0 Å². The Morgan fingerprint density at radius 1 is 0.604 bits per heavy atom. The van der Waals surface area contributed by atoms with Crippen molar-refractivity contribution in [2.24, 2.45) is 0 Å². The van der Waals surface area contributed by atoms with Gasteiger partial charge in [-0.05, 0) is 12.8 Å². The molecule has 48 heavy (non-hydrogen) atoms. The number of aliphatic hydroxyl groups is 4. The molecule has 0 aliphatic carbocycles. The van der Waals surface area contributed by atoms with Crippen molar-refractivity contribution in [1.82, 2.24) is 0 Å². The van der Waals surface area contributed by atoms with Gasteiger partial charge in [0.25, 0.3) is 0 Å². The number of hydrogen-bond donors (Lipinski definition) is 4. The summed E-state index contributed by atoms with van der Waals surface area (Å²) in [6.45, 7) is 2.78. The van der Waals surface area contributed by atoms with Gasteiger partial charge in [0.15, 0.2) is 11.9 Å². The van der Waals surface area contributed by atoms with Gasteiger partial charge >= 0.3 is 65.1 Å². The molecule has 2 unspecified atom stereocenters. The van der Waals surface area contributed by atoms with E-state index < -0.39 is 44.5 Å². The number of phosphoric ester groups is 1. The molecule has 4 N–H and O–H groups in total. The van der Waals surface area contributed by atoms with Crippen LogP contribution in [-0.2, 0) is 23.4 Å². The quantitative estimate of drug-likeness (QED) is 0.0299. The van der Waals surface area contributed by atoms with Crippen molar-refractivity contribution >= 4 is 19.6 Å². The molecule has 2 atom stereocenters. The summed E-state index contributed by atoms with van der Waals surface area (Å²) in [7, 11) is -5.32. The first-order valence-electron chi connectivity index (χ1n) is 18.0. The molecule has 0 saturated carbocycles. The number of carbonyl (C=O) groups is 2. The fourth-order valence-electron chi connectivity index (χ4n) is 4.91. The third-order valence-corrected chi connectivity index (χ3v) is 8.23. The zero-order valence-electron chi connectivity index (χ0n) is 30.9. The van der Waals surface area contributed by atoms with Crippen LogP contribution in [0.25, 0.3) is 0 Å². The molecular weight excluding hydrogens is 661 g/mol. The molecule has 14 heteroatoms. The SMILES string of the molecule is CCCCCCCCCCCCCC(=O)OC(C(=O)CCCCCCCCCCCCC)C(O)COP(=O)([O-])[O-].OCC(O)CO.[Na+].[Na+]. The van der Waals surface area contributed by atoms with Crippen molar-refractivity contribution < 1.29 is 113 Å². The van der Waals surface area contributed by atoms with Crippen LogP contribution in [0.5, 0.6) is 0 Å². The Balaban J connectivity index is -0.00000110. The fourth-order valence-corrected chi connectivity index (χ4v) is 5.25. The number of rotatable bonds is 32. The summed E-state index contributed by atoms with van der Waals surface area (Å²) in [6, 6.07) is 0. The Labute approximate surface area is 335 Å². The van der Waals surface area contributed by atoms with Crippen LogP contribution in [0.15, 0.2) is 0 Å². The Morgan fingerprint density at radius 2 is 0.938 bits per heavy atom. The van der Waals surface area contributed by atoms with Gasteiger partial charge in [0.05, 0.1) is 27.6 Å². The van der Waals surface area contributed by atoms with E-state index in [9.17, 15) is 29.0 Å². The maximum absolute atomic E-state index is 12.7. The minimum Gasteiger partial charge on any atom is -0.790 e. The first-order valence-corrected chi connectivity index (χ1v) is 19.4. The molecule has 11 nitrogen and oxygen atoms in total. The number of Topliss-reactive ketones (excluding diaryl/α,β-unsaturated/α-hetero) is 1. The van der Waals surface area contributed by atoms with Gasteiger partial charge in [0.2, 0.25) is 0 Å². The molecule has 276 valence electrons. The van der Waals surface area contributed by atoms with Gasteiger partial charge in [-0.15, -0.1) is 0 Å². The Hall–Kier alpha value is 1.09. The summed E-state index contributed by atoms with van der Waals surface area (Å²) in [4.78, 5) is 46.7. The Morgan fingerprint density at radius 3 is 1.25 bits per heavy atom. The summed E-state index contributed by atoms with van der Waals surface area (Å²) in [6.07, 6.45) is 21.0. The maximum Gasteiger partial charge on any atom is 1.00 e. The van der Waals surface area contributed by atoms with Crippen LogP contribution >= 0.6 is 7.82 Å². The third-order valence-electron chi connectivity index (χ3n) is 7.76. The van der Waals surface area contributed by atoms with Crippen molar-refractivity contribution in [3.8, 4) is 0 Å². The van der Waals surface area contributed by atoms with Crippen molar-refractivity contribution in [2.75, 3.05) is 19.8 Å². The molecule has 0 aliphatic rings. The molecule has 0 aromatic carbocycles. The Bertz CT molecular complexity index is 740. The van der Waals surface area contributed by atoms with Gasteiger partial charge in [0, 0.05) is 12.8 Å². The molecule has 0 amide bonds. The largest absolute Gasteiger partial charge is 1.00 e. The minimum atomic E-state index is -5.32. The number of ether oxygens (including phenoxy) is 1. The first kappa shape index (κ1) is 55.8. The van der Waals surface area contributed by atoms with E-state index in [1.807, 2.05) is 0 Å². The Kier molecular flexibility index (Phi) is 47.5. The number of hydrogen-bond acceptors (Lipinski definition) is 11.